The monoisotopic (exact) mass is 218 g/mol. The Labute approximate surface area is 90.1 Å². The van der Waals surface area contributed by atoms with Crippen molar-refractivity contribution in [3.05, 3.63) is 23.2 Å². The van der Waals surface area contributed by atoms with Gasteiger partial charge in [0, 0.05) is 0 Å². The molecule has 0 bridgehead atoms. The number of hydrogen-bond donors (Lipinski definition) is 0. The first-order valence-corrected chi connectivity index (χ1v) is 4.50. The van der Waals surface area contributed by atoms with E-state index in [4.69, 9.17) is 16.3 Å². The number of benzene rings is 1. The molecule has 0 spiro atoms. The molecule has 0 amide bonds. The van der Waals surface area contributed by atoms with Crippen molar-refractivity contribution in [1.29, 1.82) is 0 Å². The molecular formula is C9H16BClO3. The van der Waals surface area contributed by atoms with Gasteiger partial charge in [-0.25, -0.2) is 0 Å². The molecule has 0 aromatic heterocycles. The summed E-state index contributed by atoms with van der Waals surface area (Å²) in [7, 11) is 2.01. The molecule has 0 aliphatic carbocycles. The molecule has 3 nitrogen and oxygen atoms in total. The van der Waals surface area contributed by atoms with E-state index in [0.29, 0.717) is 5.02 Å². The van der Waals surface area contributed by atoms with Gasteiger partial charge in [0.1, 0.15) is 13.6 Å². The van der Waals surface area contributed by atoms with Crippen LogP contribution in [-0.4, -0.2) is 25.4 Å². The first-order chi connectivity index (χ1) is 5.74. The van der Waals surface area contributed by atoms with Gasteiger partial charge < -0.3 is 15.7 Å². The Hall–Kier alpha value is -0.705. The van der Waals surface area contributed by atoms with E-state index in [1.807, 2.05) is 26.0 Å². The Balaban J connectivity index is 0. The molecule has 5 heteroatoms. The highest BCUT2D eigenvalue weighted by Crippen LogP contribution is 2.21. The number of ether oxygens (including phenoxy) is 1. The van der Waals surface area contributed by atoms with Gasteiger partial charge in [-0.3, -0.25) is 0 Å². The average Bonchev–Trinajstić information content (AvgIpc) is 2.03. The Kier molecular flexibility index (Phi) is 8.64. The summed E-state index contributed by atoms with van der Waals surface area (Å²) >= 11 is 5.94. The highest BCUT2D eigenvalue weighted by Gasteiger charge is 1.99. The van der Waals surface area contributed by atoms with Gasteiger partial charge in [-0.15, -0.1) is 0 Å². The lowest BCUT2D eigenvalue weighted by molar-refractivity contribution is 0.317. The van der Waals surface area contributed by atoms with Crippen molar-refractivity contribution in [2.45, 2.75) is 13.3 Å². The molecule has 14 heavy (non-hydrogen) atoms. The molecule has 1 aromatic rings. The summed E-state index contributed by atoms with van der Waals surface area (Å²) in [6, 6.07) is 5.82. The Morgan fingerprint density at radius 2 is 2.00 bits per heavy atom. The van der Waals surface area contributed by atoms with Crippen LogP contribution >= 0.6 is 11.6 Å². The first kappa shape index (κ1) is 15.8. The minimum absolute atomic E-state index is 0. The van der Waals surface area contributed by atoms with Gasteiger partial charge in [0.05, 0.1) is 11.6 Å². The molecule has 0 heterocycles. The van der Waals surface area contributed by atoms with E-state index >= 15 is 0 Å². The maximum Gasteiger partial charge on any atom is 0.139 e. The van der Waals surface area contributed by atoms with Crippen molar-refractivity contribution < 1.29 is 15.7 Å². The third-order valence-electron chi connectivity index (χ3n) is 1.55. The van der Waals surface area contributed by atoms with Crippen LogP contribution in [0.2, 0.25) is 5.02 Å². The van der Waals surface area contributed by atoms with Gasteiger partial charge >= 0.3 is 0 Å². The maximum atomic E-state index is 5.94. The van der Waals surface area contributed by atoms with Crippen LogP contribution in [-0.2, 0) is 0 Å². The van der Waals surface area contributed by atoms with Crippen LogP contribution in [0.3, 0.4) is 0 Å². The summed E-state index contributed by atoms with van der Waals surface area (Å²) in [6.07, 6.45) is 1.00. The zero-order chi connectivity index (χ0) is 8.97. The summed E-state index contributed by atoms with van der Waals surface area (Å²) in [5.41, 5.74) is 1.16. The quantitative estimate of drug-likeness (QED) is 0.644. The van der Waals surface area contributed by atoms with E-state index in [1.54, 1.807) is 0 Å². The number of rotatable bonds is 3. The van der Waals surface area contributed by atoms with Crippen molar-refractivity contribution in [3.8, 4) is 5.75 Å². The van der Waals surface area contributed by atoms with Crippen molar-refractivity contribution in [3.63, 3.8) is 0 Å². The van der Waals surface area contributed by atoms with E-state index in [9.17, 15) is 0 Å². The van der Waals surface area contributed by atoms with Crippen molar-refractivity contribution >= 4 is 24.9 Å². The summed E-state index contributed by atoms with van der Waals surface area (Å²) in [5.74, 6) is 0.782. The zero-order valence-corrected chi connectivity index (χ0v) is 9.19. The van der Waals surface area contributed by atoms with Crippen LogP contribution in [0.5, 0.6) is 5.75 Å². The predicted molar refractivity (Wildman–Crippen MR) is 62.6 cm³/mol. The molecule has 0 unspecified atom stereocenters. The molecule has 0 fully saturated rings. The summed E-state index contributed by atoms with van der Waals surface area (Å²) in [5, 5.41) is 0.698. The van der Waals surface area contributed by atoms with Gasteiger partial charge in [0.2, 0.25) is 0 Å². The molecule has 0 aliphatic rings. The van der Waals surface area contributed by atoms with Crippen LogP contribution < -0.4 is 10.2 Å². The highest BCUT2D eigenvalue weighted by molar-refractivity contribution is 6.37. The Morgan fingerprint density at radius 3 is 2.50 bits per heavy atom. The van der Waals surface area contributed by atoms with Crippen LogP contribution in [0.4, 0.5) is 0 Å². The van der Waals surface area contributed by atoms with Crippen LogP contribution in [0.15, 0.2) is 18.2 Å². The zero-order valence-electron chi connectivity index (χ0n) is 8.43. The maximum absolute atomic E-state index is 5.94. The second kappa shape index (κ2) is 7.68. The molecule has 1 aromatic carbocycles. The summed E-state index contributed by atoms with van der Waals surface area (Å²) in [6.45, 7) is 2.80. The Morgan fingerprint density at radius 1 is 1.36 bits per heavy atom. The topological polar surface area (TPSA) is 72.2 Å². The fraction of sp³-hybridized carbons (Fsp3) is 0.333. The minimum Gasteiger partial charge on any atom is -0.492 e. The smallest absolute Gasteiger partial charge is 0.139 e. The molecule has 80 valence electrons. The van der Waals surface area contributed by atoms with Crippen molar-refractivity contribution in [2.75, 3.05) is 6.61 Å². The number of halogens is 1. The lowest BCUT2D eigenvalue weighted by Crippen LogP contribution is -2.02. The summed E-state index contributed by atoms with van der Waals surface area (Å²) in [4.78, 5) is 0. The largest absolute Gasteiger partial charge is 0.492 e. The SMILES string of the molecule is Bc1ccc(OCCC)c(Cl)c1.O.O. The van der Waals surface area contributed by atoms with E-state index in [1.165, 1.54) is 0 Å². The molecule has 0 atom stereocenters. The molecule has 1 rings (SSSR count). The average molecular weight is 218 g/mol. The van der Waals surface area contributed by atoms with Crippen LogP contribution in [0.25, 0.3) is 0 Å². The van der Waals surface area contributed by atoms with Gasteiger partial charge in [0.15, 0.2) is 0 Å². The van der Waals surface area contributed by atoms with E-state index in [-0.39, 0.29) is 11.0 Å². The third-order valence-corrected chi connectivity index (χ3v) is 1.84. The van der Waals surface area contributed by atoms with Gasteiger partial charge in [-0.05, 0) is 18.6 Å². The van der Waals surface area contributed by atoms with Gasteiger partial charge in [0.25, 0.3) is 0 Å². The standard InChI is InChI=1S/C9H12BClO.2H2O/c1-2-5-12-9-4-3-7(10)6-8(9)11;;/h3-4,6H,2,5,10H2,1H3;2*1H2. The fourth-order valence-corrected chi connectivity index (χ4v) is 1.22. The molecule has 0 saturated heterocycles. The van der Waals surface area contributed by atoms with Gasteiger partial charge in [-0.2, -0.15) is 0 Å². The Bertz CT molecular complexity index is 268. The van der Waals surface area contributed by atoms with Crippen LogP contribution in [0.1, 0.15) is 13.3 Å². The number of hydrogen-bond acceptors (Lipinski definition) is 1. The molecular weight excluding hydrogens is 202 g/mol. The molecule has 0 radical (unpaired) electrons. The minimum atomic E-state index is 0. The molecule has 0 saturated carbocycles. The van der Waals surface area contributed by atoms with Gasteiger partial charge in [-0.1, -0.05) is 30.1 Å². The third kappa shape index (κ3) is 4.51. The van der Waals surface area contributed by atoms with E-state index in [0.717, 1.165) is 24.2 Å². The molecule has 0 aliphatic heterocycles. The molecule has 4 N–H and O–H groups in total. The van der Waals surface area contributed by atoms with E-state index < -0.39 is 0 Å². The predicted octanol–water partition coefficient (Wildman–Crippen LogP) is -0.262. The lowest BCUT2D eigenvalue weighted by Gasteiger charge is -2.06. The lowest BCUT2D eigenvalue weighted by atomic mass is 9.97. The van der Waals surface area contributed by atoms with E-state index in [2.05, 4.69) is 6.92 Å². The van der Waals surface area contributed by atoms with Crippen molar-refractivity contribution in [1.82, 2.24) is 0 Å². The highest BCUT2D eigenvalue weighted by atomic mass is 35.5. The van der Waals surface area contributed by atoms with Crippen LogP contribution in [0, 0.1) is 0 Å². The first-order valence-electron chi connectivity index (χ1n) is 4.13. The second-order valence-electron chi connectivity index (χ2n) is 2.78. The van der Waals surface area contributed by atoms with Crippen molar-refractivity contribution in [2.24, 2.45) is 0 Å². The fourth-order valence-electron chi connectivity index (χ4n) is 0.935. The normalized spacial score (nSPS) is 8.43. The summed E-state index contributed by atoms with van der Waals surface area (Å²) < 4.78 is 5.41. The second-order valence-corrected chi connectivity index (χ2v) is 3.19.